The molecule has 0 aromatic carbocycles. The fourth-order valence-electron chi connectivity index (χ4n) is 0.972. The van der Waals surface area contributed by atoms with Gasteiger partial charge in [-0.05, 0) is 0 Å². The van der Waals surface area contributed by atoms with Crippen LogP contribution in [0.2, 0.25) is 0 Å². The van der Waals surface area contributed by atoms with E-state index in [9.17, 15) is 4.79 Å². The van der Waals surface area contributed by atoms with E-state index in [0.717, 1.165) is 0 Å². The number of carbonyl (C=O) groups is 1. The van der Waals surface area contributed by atoms with Crippen LogP contribution in [-0.2, 0) is 4.74 Å². The lowest BCUT2D eigenvalue weighted by Gasteiger charge is -2.16. The van der Waals surface area contributed by atoms with E-state index in [1.165, 1.54) is 12.4 Å². The molecule has 0 unspecified atom stereocenters. The minimum atomic E-state index is -1.08. The van der Waals surface area contributed by atoms with Crippen molar-refractivity contribution in [2.45, 2.75) is 0 Å². The third-order valence-electron chi connectivity index (χ3n) is 1.88. The van der Waals surface area contributed by atoms with Gasteiger partial charge in [-0.15, -0.1) is 0 Å². The van der Waals surface area contributed by atoms with Gasteiger partial charge in [-0.1, -0.05) is 0 Å². The fourth-order valence-corrected chi connectivity index (χ4v) is 0.972. The van der Waals surface area contributed by atoms with E-state index >= 15 is 0 Å². The number of carboxylic acid groups (broad SMARTS) is 1. The van der Waals surface area contributed by atoms with E-state index in [1.807, 2.05) is 11.9 Å². The predicted octanol–water partition coefficient (Wildman–Crippen LogP) is 0.257. The second-order valence-electron chi connectivity index (χ2n) is 2.98. The van der Waals surface area contributed by atoms with Crippen LogP contribution in [0.25, 0.3) is 0 Å². The van der Waals surface area contributed by atoms with E-state index < -0.39 is 5.97 Å². The Morgan fingerprint density at radius 3 is 2.73 bits per heavy atom. The summed E-state index contributed by atoms with van der Waals surface area (Å²) >= 11 is 0. The zero-order valence-corrected chi connectivity index (χ0v) is 8.67. The number of carboxylic acids is 1. The van der Waals surface area contributed by atoms with Gasteiger partial charge in [-0.3, -0.25) is 0 Å². The van der Waals surface area contributed by atoms with E-state index in [2.05, 4.69) is 9.97 Å². The van der Waals surface area contributed by atoms with Crippen LogP contribution in [0.4, 0.5) is 5.82 Å². The molecule has 0 aliphatic rings. The number of anilines is 1. The van der Waals surface area contributed by atoms with Gasteiger partial charge in [0.2, 0.25) is 0 Å². The first kappa shape index (κ1) is 11.4. The molecule has 6 heteroatoms. The monoisotopic (exact) mass is 211 g/mol. The van der Waals surface area contributed by atoms with Crippen molar-refractivity contribution in [3.63, 3.8) is 0 Å². The summed E-state index contributed by atoms with van der Waals surface area (Å²) in [5.74, 6) is -0.453. The molecule has 0 aliphatic carbocycles. The van der Waals surface area contributed by atoms with Gasteiger partial charge in [-0.2, -0.15) is 0 Å². The number of hydrogen-bond donors (Lipinski definition) is 1. The van der Waals surface area contributed by atoms with E-state index in [4.69, 9.17) is 9.84 Å². The van der Waals surface area contributed by atoms with Gasteiger partial charge in [0, 0.05) is 20.7 Å². The molecule has 6 nitrogen and oxygen atoms in total. The molecule has 0 radical (unpaired) electrons. The number of methoxy groups -OCH3 is 1. The molecular formula is C9H13N3O3. The Balaban J connectivity index is 2.66. The first-order valence-electron chi connectivity index (χ1n) is 4.40. The van der Waals surface area contributed by atoms with E-state index in [0.29, 0.717) is 19.0 Å². The molecule has 1 rings (SSSR count). The molecule has 0 bridgehead atoms. The van der Waals surface area contributed by atoms with Gasteiger partial charge in [0.15, 0.2) is 5.69 Å². The Bertz CT molecular complexity index is 326. The van der Waals surface area contributed by atoms with Gasteiger partial charge in [0.05, 0.1) is 19.0 Å². The maximum absolute atomic E-state index is 10.5. The van der Waals surface area contributed by atoms with Crippen LogP contribution in [0, 0.1) is 0 Å². The topological polar surface area (TPSA) is 75.5 Å². The van der Waals surface area contributed by atoms with Gasteiger partial charge >= 0.3 is 5.97 Å². The number of likely N-dealkylation sites (N-methyl/N-ethyl adjacent to an activating group) is 1. The lowest BCUT2D eigenvalue weighted by molar-refractivity contribution is 0.0690. The van der Waals surface area contributed by atoms with Crippen LogP contribution in [0.15, 0.2) is 12.4 Å². The number of nitrogens with zero attached hydrogens (tertiary/aromatic N) is 3. The average Bonchev–Trinajstić information content (AvgIpc) is 2.26. The highest BCUT2D eigenvalue weighted by molar-refractivity contribution is 5.84. The maximum Gasteiger partial charge on any atom is 0.356 e. The van der Waals surface area contributed by atoms with Crippen LogP contribution < -0.4 is 4.90 Å². The molecule has 0 saturated carbocycles. The summed E-state index contributed by atoms with van der Waals surface area (Å²) < 4.78 is 4.91. The molecular weight excluding hydrogens is 198 g/mol. The smallest absolute Gasteiger partial charge is 0.356 e. The van der Waals surface area contributed by atoms with Gasteiger partial charge < -0.3 is 14.7 Å². The second kappa shape index (κ2) is 5.26. The van der Waals surface area contributed by atoms with Gasteiger partial charge in [-0.25, -0.2) is 14.8 Å². The third kappa shape index (κ3) is 3.17. The zero-order chi connectivity index (χ0) is 11.3. The second-order valence-corrected chi connectivity index (χ2v) is 2.98. The maximum atomic E-state index is 10.5. The Morgan fingerprint density at radius 1 is 1.53 bits per heavy atom. The highest BCUT2D eigenvalue weighted by Crippen LogP contribution is 2.05. The van der Waals surface area contributed by atoms with Crippen molar-refractivity contribution >= 4 is 11.8 Å². The largest absolute Gasteiger partial charge is 0.476 e. The van der Waals surface area contributed by atoms with Crippen LogP contribution in [-0.4, -0.2) is 48.4 Å². The van der Waals surface area contributed by atoms with Crippen molar-refractivity contribution in [3.8, 4) is 0 Å². The van der Waals surface area contributed by atoms with Crippen LogP contribution in [0.3, 0.4) is 0 Å². The van der Waals surface area contributed by atoms with Crippen molar-refractivity contribution in [3.05, 3.63) is 18.1 Å². The summed E-state index contributed by atoms with van der Waals surface area (Å²) in [6.07, 6.45) is 2.67. The summed E-state index contributed by atoms with van der Waals surface area (Å²) in [5.41, 5.74) is -0.0566. The minimum absolute atomic E-state index is 0.0566. The fraction of sp³-hybridized carbons (Fsp3) is 0.444. The molecule has 1 N–H and O–H groups in total. The summed E-state index contributed by atoms with van der Waals surface area (Å²) in [7, 11) is 3.45. The number of aromatic carboxylic acids is 1. The molecule has 15 heavy (non-hydrogen) atoms. The van der Waals surface area contributed by atoms with E-state index in [1.54, 1.807) is 7.11 Å². The zero-order valence-electron chi connectivity index (χ0n) is 8.67. The Morgan fingerprint density at radius 2 is 2.27 bits per heavy atom. The molecule has 1 aromatic heterocycles. The number of hydrogen-bond acceptors (Lipinski definition) is 5. The summed E-state index contributed by atoms with van der Waals surface area (Å²) in [6, 6.07) is 0. The average molecular weight is 211 g/mol. The van der Waals surface area contributed by atoms with Crippen LogP contribution in [0.5, 0.6) is 0 Å². The Kier molecular flexibility index (Phi) is 3.99. The molecule has 0 fully saturated rings. The number of aromatic nitrogens is 2. The molecule has 0 aliphatic heterocycles. The lowest BCUT2D eigenvalue weighted by Crippen LogP contribution is -2.23. The van der Waals surface area contributed by atoms with Crippen molar-refractivity contribution in [2.24, 2.45) is 0 Å². The van der Waals surface area contributed by atoms with Crippen molar-refractivity contribution in [2.75, 3.05) is 32.2 Å². The Labute approximate surface area is 87.5 Å². The van der Waals surface area contributed by atoms with Gasteiger partial charge in [0.25, 0.3) is 0 Å². The number of rotatable bonds is 5. The van der Waals surface area contributed by atoms with E-state index in [-0.39, 0.29) is 5.69 Å². The van der Waals surface area contributed by atoms with Gasteiger partial charge in [0.1, 0.15) is 5.82 Å². The lowest BCUT2D eigenvalue weighted by atomic mass is 10.4. The third-order valence-corrected chi connectivity index (χ3v) is 1.88. The van der Waals surface area contributed by atoms with Crippen molar-refractivity contribution in [1.82, 2.24) is 9.97 Å². The quantitative estimate of drug-likeness (QED) is 0.752. The summed E-state index contributed by atoms with van der Waals surface area (Å²) in [4.78, 5) is 20.1. The normalized spacial score (nSPS) is 10.0. The molecule has 0 atom stereocenters. The first-order chi connectivity index (χ1) is 7.15. The minimum Gasteiger partial charge on any atom is -0.476 e. The predicted molar refractivity (Wildman–Crippen MR) is 54.1 cm³/mol. The molecule has 0 spiro atoms. The highest BCUT2D eigenvalue weighted by Gasteiger charge is 2.06. The van der Waals surface area contributed by atoms with Crippen molar-refractivity contribution in [1.29, 1.82) is 0 Å². The SMILES string of the molecule is COCCN(C)c1cnc(C(=O)O)cn1. The summed E-state index contributed by atoms with van der Waals surface area (Å²) in [5, 5.41) is 8.62. The standard InChI is InChI=1S/C9H13N3O3/c1-12(3-4-15-2)8-6-10-7(5-11-8)9(13)14/h5-6H,3-4H2,1-2H3,(H,13,14). The van der Waals surface area contributed by atoms with Crippen molar-refractivity contribution < 1.29 is 14.6 Å². The van der Waals surface area contributed by atoms with Crippen LogP contribution >= 0.6 is 0 Å². The molecule has 1 heterocycles. The molecule has 82 valence electrons. The first-order valence-corrected chi connectivity index (χ1v) is 4.40. The molecule has 0 saturated heterocycles. The number of ether oxygens (including phenoxy) is 1. The highest BCUT2D eigenvalue weighted by atomic mass is 16.5. The summed E-state index contributed by atoms with van der Waals surface area (Å²) in [6.45, 7) is 1.26. The molecule has 1 aromatic rings. The van der Waals surface area contributed by atoms with Crippen LogP contribution in [0.1, 0.15) is 10.5 Å². The molecule has 0 amide bonds. The Hall–Kier alpha value is -1.69.